The van der Waals surface area contributed by atoms with Crippen molar-refractivity contribution < 1.29 is 9.15 Å². The summed E-state index contributed by atoms with van der Waals surface area (Å²) in [6, 6.07) is 13.2. The fraction of sp³-hybridized carbons (Fsp3) is 0.286. The van der Waals surface area contributed by atoms with Crippen molar-refractivity contribution in [3.05, 3.63) is 69.0 Å². The minimum Gasteiger partial charge on any atom is -0.473 e. The van der Waals surface area contributed by atoms with E-state index in [9.17, 15) is 4.79 Å². The Morgan fingerprint density at radius 2 is 1.96 bits per heavy atom. The largest absolute Gasteiger partial charge is 0.473 e. The molecular weight excluding hydrogens is 350 g/mol. The molecule has 2 heterocycles. The predicted molar refractivity (Wildman–Crippen MR) is 104 cm³/mol. The average molecular weight is 370 g/mol. The van der Waals surface area contributed by atoms with Crippen molar-refractivity contribution >= 4 is 28.3 Å². The molecule has 0 aliphatic carbocycles. The highest BCUT2D eigenvalue weighted by Gasteiger charge is 2.22. The zero-order valence-electron chi connectivity index (χ0n) is 14.6. The van der Waals surface area contributed by atoms with Gasteiger partial charge < -0.3 is 14.1 Å². The maximum Gasteiger partial charge on any atom is 0.336 e. The van der Waals surface area contributed by atoms with Gasteiger partial charge in [-0.1, -0.05) is 24.9 Å². The van der Waals surface area contributed by atoms with E-state index in [1.165, 1.54) is 0 Å². The van der Waals surface area contributed by atoms with E-state index >= 15 is 0 Å². The van der Waals surface area contributed by atoms with E-state index in [0.717, 1.165) is 47.2 Å². The van der Waals surface area contributed by atoms with Gasteiger partial charge in [0.25, 0.3) is 0 Å². The van der Waals surface area contributed by atoms with Crippen LogP contribution < -0.4 is 15.3 Å². The van der Waals surface area contributed by atoms with Gasteiger partial charge in [-0.15, -0.1) is 0 Å². The molecule has 0 unspecified atom stereocenters. The Bertz CT molecular complexity index is 995. The molecule has 4 nitrogen and oxygen atoms in total. The van der Waals surface area contributed by atoms with Crippen molar-refractivity contribution in [1.82, 2.24) is 0 Å². The van der Waals surface area contributed by atoms with Crippen molar-refractivity contribution in [2.45, 2.75) is 32.7 Å². The van der Waals surface area contributed by atoms with E-state index in [1.807, 2.05) is 36.4 Å². The topological polar surface area (TPSA) is 42.7 Å². The van der Waals surface area contributed by atoms with Gasteiger partial charge in [0.2, 0.25) is 0 Å². The molecule has 2 aromatic carbocycles. The lowest BCUT2D eigenvalue weighted by molar-refractivity contribution is 0.289. The van der Waals surface area contributed by atoms with Crippen LogP contribution in [0.5, 0.6) is 5.75 Å². The number of fused-ring (bicyclic) bond motifs is 3. The molecule has 0 radical (unpaired) electrons. The van der Waals surface area contributed by atoms with Crippen LogP contribution in [0.25, 0.3) is 11.0 Å². The van der Waals surface area contributed by atoms with Crippen LogP contribution in [0.1, 0.15) is 30.9 Å². The van der Waals surface area contributed by atoms with Crippen LogP contribution in [0.3, 0.4) is 0 Å². The van der Waals surface area contributed by atoms with E-state index in [1.54, 1.807) is 6.07 Å². The first kappa shape index (κ1) is 17.0. The number of ether oxygens (including phenoxy) is 1. The van der Waals surface area contributed by atoms with Gasteiger partial charge in [0.05, 0.1) is 12.1 Å². The molecule has 1 aliphatic rings. The summed E-state index contributed by atoms with van der Waals surface area (Å²) in [4.78, 5) is 14.2. The Hall–Kier alpha value is -2.46. The highest BCUT2D eigenvalue weighted by atomic mass is 35.5. The number of halogens is 1. The minimum atomic E-state index is -0.305. The Labute approximate surface area is 156 Å². The van der Waals surface area contributed by atoms with Crippen molar-refractivity contribution in [3.8, 4) is 5.75 Å². The van der Waals surface area contributed by atoms with Gasteiger partial charge in [-0.25, -0.2) is 4.79 Å². The fourth-order valence-corrected chi connectivity index (χ4v) is 3.52. The number of hydrogen-bond donors (Lipinski definition) is 0. The number of unbranched alkanes of at least 4 members (excludes halogenated alkanes) is 1. The standard InChI is InChI=1S/C21H20ClNO3/c1-2-3-4-14-11-20(24)26-21-17(14)9-10-19-18(21)12-23(13-25-19)16-7-5-15(22)6-8-16/h5-11H,2-4,12-13H2,1H3. The summed E-state index contributed by atoms with van der Waals surface area (Å²) >= 11 is 5.99. The van der Waals surface area contributed by atoms with Crippen LogP contribution >= 0.6 is 11.6 Å². The summed E-state index contributed by atoms with van der Waals surface area (Å²) in [5.41, 5.74) is 3.31. The lowest BCUT2D eigenvalue weighted by atomic mass is 10.0. The Morgan fingerprint density at radius 1 is 1.15 bits per heavy atom. The number of anilines is 1. The minimum absolute atomic E-state index is 0.305. The zero-order valence-corrected chi connectivity index (χ0v) is 15.4. The second-order valence-electron chi connectivity index (χ2n) is 6.56. The van der Waals surface area contributed by atoms with E-state index < -0.39 is 0 Å². The third-order valence-electron chi connectivity index (χ3n) is 4.77. The van der Waals surface area contributed by atoms with E-state index in [4.69, 9.17) is 20.8 Å². The van der Waals surface area contributed by atoms with E-state index in [2.05, 4.69) is 11.8 Å². The van der Waals surface area contributed by atoms with Crippen LogP contribution in [0.4, 0.5) is 5.69 Å². The number of benzene rings is 2. The van der Waals surface area contributed by atoms with Crippen LogP contribution in [0.2, 0.25) is 5.02 Å². The zero-order chi connectivity index (χ0) is 18.1. The maximum absolute atomic E-state index is 12.1. The summed E-state index contributed by atoms with van der Waals surface area (Å²) < 4.78 is 11.5. The number of hydrogen-bond acceptors (Lipinski definition) is 4. The number of rotatable bonds is 4. The molecule has 0 N–H and O–H groups in total. The molecule has 3 aromatic rings. The summed E-state index contributed by atoms with van der Waals surface area (Å²) in [5, 5.41) is 1.70. The van der Waals surface area contributed by atoms with Crippen LogP contribution in [0, 0.1) is 0 Å². The molecule has 1 aliphatic heterocycles. The first-order chi connectivity index (χ1) is 12.7. The molecule has 0 amide bonds. The predicted octanol–water partition coefficient (Wildman–Crippen LogP) is 5.15. The Balaban J connectivity index is 1.78. The molecular formula is C21H20ClNO3. The van der Waals surface area contributed by atoms with E-state index in [0.29, 0.717) is 23.9 Å². The smallest absolute Gasteiger partial charge is 0.336 e. The fourth-order valence-electron chi connectivity index (χ4n) is 3.39. The van der Waals surface area contributed by atoms with Gasteiger partial charge in [-0.3, -0.25) is 0 Å². The third-order valence-corrected chi connectivity index (χ3v) is 5.03. The van der Waals surface area contributed by atoms with Crippen molar-refractivity contribution in [3.63, 3.8) is 0 Å². The molecule has 0 bridgehead atoms. The highest BCUT2D eigenvalue weighted by Crippen LogP contribution is 2.35. The van der Waals surface area contributed by atoms with Gasteiger partial charge in [0.15, 0.2) is 6.73 Å². The molecule has 0 atom stereocenters. The van der Waals surface area contributed by atoms with Crippen LogP contribution in [0.15, 0.2) is 51.7 Å². The molecule has 26 heavy (non-hydrogen) atoms. The molecule has 0 saturated carbocycles. The SMILES string of the molecule is CCCCc1cc(=O)oc2c3c(ccc12)OCN(c1ccc(Cl)cc1)C3. The molecule has 5 heteroatoms. The highest BCUT2D eigenvalue weighted by molar-refractivity contribution is 6.30. The van der Waals surface area contributed by atoms with Crippen molar-refractivity contribution in [2.24, 2.45) is 0 Å². The molecule has 0 spiro atoms. The van der Waals surface area contributed by atoms with Gasteiger partial charge in [-0.2, -0.15) is 0 Å². The maximum atomic E-state index is 12.1. The Kier molecular flexibility index (Phi) is 4.60. The number of aryl methyl sites for hydroxylation is 1. The Morgan fingerprint density at radius 3 is 2.73 bits per heavy atom. The first-order valence-corrected chi connectivity index (χ1v) is 9.25. The van der Waals surface area contributed by atoms with Crippen molar-refractivity contribution in [1.29, 1.82) is 0 Å². The summed E-state index contributed by atoms with van der Waals surface area (Å²) in [6.45, 7) is 3.21. The van der Waals surface area contributed by atoms with Crippen LogP contribution in [-0.2, 0) is 13.0 Å². The van der Waals surface area contributed by atoms with Gasteiger partial charge >= 0.3 is 5.63 Å². The summed E-state index contributed by atoms with van der Waals surface area (Å²) in [6.07, 6.45) is 3.00. The third kappa shape index (κ3) is 3.17. The average Bonchev–Trinajstić information content (AvgIpc) is 2.66. The van der Waals surface area contributed by atoms with Gasteiger partial charge in [-0.05, 0) is 54.8 Å². The second-order valence-corrected chi connectivity index (χ2v) is 7.00. The van der Waals surface area contributed by atoms with Crippen molar-refractivity contribution in [2.75, 3.05) is 11.6 Å². The molecule has 134 valence electrons. The molecule has 1 aromatic heterocycles. The lowest BCUT2D eigenvalue weighted by Crippen LogP contribution is -2.32. The summed E-state index contributed by atoms with van der Waals surface area (Å²) in [5.74, 6) is 0.776. The van der Waals surface area contributed by atoms with E-state index in [-0.39, 0.29) is 5.63 Å². The molecule has 0 fully saturated rings. The van der Waals surface area contributed by atoms with Gasteiger partial charge in [0, 0.05) is 22.2 Å². The normalized spacial score (nSPS) is 13.5. The summed E-state index contributed by atoms with van der Waals surface area (Å²) in [7, 11) is 0. The molecule has 4 rings (SSSR count). The van der Waals surface area contributed by atoms with Gasteiger partial charge in [0.1, 0.15) is 11.3 Å². The second kappa shape index (κ2) is 7.04. The quantitative estimate of drug-likeness (QED) is 0.597. The lowest BCUT2D eigenvalue weighted by Gasteiger charge is -2.31. The first-order valence-electron chi connectivity index (χ1n) is 8.87. The van der Waals surface area contributed by atoms with Crippen LogP contribution in [-0.4, -0.2) is 6.73 Å². The number of nitrogens with zero attached hydrogens (tertiary/aromatic N) is 1. The molecule has 0 saturated heterocycles. The monoisotopic (exact) mass is 369 g/mol.